The van der Waals surface area contributed by atoms with E-state index in [0.717, 1.165) is 24.3 Å². The minimum absolute atomic E-state index is 0.459. The molecule has 0 atom stereocenters. The maximum atomic E-state index is 5.94. The molecule has 2 N–H and O–H groups in total. The van der Waals surface area contributed by atoms with Crippen molar-refractivity contribution in [2.75, 3.05) is 26.1 Å². The molecule has 122 valence electrons. The third-order valence-electron chi connectivity index (χ3n) is 4.17. The Labute approximate surface area is 137 Å². The van der Waals surface area contributed by atoms with Crippen LogP contribution in [0.1, 0.15) is 24.0 Å². The normalized spacial score (nSPS) is 13.3. The number of aryl methyl sites for hydroxylation is 1. The van der Waals surface area contributed by atoms with Gasteiger partial charge in [-0.2, -0.15) is 0 Å². The molecule has 0 bridgehead atoms. The fraction of sp³-hybridized carbons (Fsp3) is 0.368. The summed E-state index contributed by atoms with van der Waals surface area (Å²) in [4.78, 5) is 0. The summed E-state index contributed by atoms with van der Waals surface area (Å²) in [7, 11) is 1.61. The lowest BCUT2D eigenvalue weighted by Gasteiger charge is -2.19. The van der Waals surface area contributed by atoms with Gasteiger partial charge in [0.15, 0.2) is 0 Å². The van der Waals surface area contributed by atoms with Gasteiger partial charge in [-0.25, -0.2) is 0 Å². The molecule has 1 aliphatic carbocycles. The van der Waals surface area contributed by atoms with Gasteiger partial charge >= 0.3 is 0 Å². The van der Waals surface area contributed by atoms with Crippen LogP contribution >= 0.6 is 0 Å². The summed E-state index contributed by atoms with van der Waals surface area (Å²) in [6.07, 6.45) is 4.78. The fourth-order valence-electron chi connectivity index (χ4n) is 2.97. The quantitative estimate of drug-likeness (QED) is 0.654. The first-order valence-corrected chi connectivity index (χ1v) is 8.08. The van der Waals surface area contributed by atoms with E-state index in [1.807, 2.05) is 18.2 Å². The Bertz CT molecular complexity index is 670. The predicted octanol–water partition coefficient (Wildman–Crippen LogP) is 3.61. The molecule has 0 saturated carbocycles. The van der Waals surface area contributed by atoms with E-state index < -0.39 is 0 Å². The lowest BCUT2D eigenvalue weighted by atomic mass is 9.91. The minimum atomic E-state index is 0.459. The lowest BCUT2D eigenvalue weighted by molar-refractivity contribution is 0.216. The molecule has 2 aromatic rings. The molecular weight excluding hydrogens is 290 g/mol. The van der Waals surface area contributed by atoms with Gasteiger partial charge in [0.25, 0.3) is 0 Å². The zero-order valence-electron chi connectivity index (χ0n) is 13.5. The van der Waals surface area contributed by atoms with E-state index in [1.54, 1.807) is 13.2 Å². The highest BCUT2D eigenvalue weighted by atomic mass is 16.5. The molecule has 0 fully saturated rings. The molecule has 0 radical (unpaired) electrons. The molecule has 23 heavy (non-hydrogen) atoms. The van der Waals surface area contributed by atoms with Gasteiger partial charge in [0.05, 0.1) is 12.8 Å². The molecule has 1 aliphatic rings. The Morgan fingerprint density at radius 2 is 1.74 bits per heavy atom. The first-order chi connectivity index (χ1) is 11.3. The van der Waals surface area contributed by atoms with Crippen molar-refractivity contribution in [2.45, 2.75) is 25.7 Å². The number of rotatable bonds is 6. The van der Waals surface area contributed by atoms with Crippen LogP contribution in [0.3, 0.4) is 0 Å². The second kappa shape index (κ2) is 7.27. The van der Waals surface area contributed by atoms with Gasteiger partial charge in [-0.15, -0.1) is 0 Å². The van der Waals surface area contributed by atoms with Gasteiger partial charge in [-0.3, -0.25) is 0 Å². The van der Waals surface area contributed by atoms with Gasteiger partial charge < -0.3 is 19.9 Å². The molecule has 4 nitrogen and oxygen atoms in total. The Hall–Kier alpha value is -2.36. The standard InChI is InChI=1S/C19H23NO3/c1-21-15-9-10-19(17(20)13-15)23-12-11-22-18-8-4-6-14-5-2-3-7-16(14)18/h4,6,8-10,13H,2-3,5,7,11-12,20H2,1H3. The minimum Gasteiger partial charge on any atom is -0.497 e. The molecule has 3 rings (SSSR count). The van der Waals surface area contributed by atoms with E-state index in [-0.39, 0.29) is 0 Å². The highest BCUT2D eigenvalue weighted by Gasteiger charge is 2.13. The van der Waals surface area contributed by atoms with Crippen LogP contribution < -0.4 is 19.9 Å². The zero-order chi connectivity index (χ0) is 16.1. The monoisotopic (exact) mass is 313 g/mol. The lowest BCUT2D eigenvalue weighted by Crippen LogP contribution is -2.12. The third-order valence-corrected chi connectivity index (χ3v) is 4.17. The van der Waals surface area contributed by atoms with E-state index >= 15 is 0 Å². The van der Waals surface area contributed by atoms with E-state index in [0.29, 0.717) is 24.7 Å². The molecule has 0 saturated heterocycles. The van der Waals surface area contributed by atoms with Gasteiger partial charge in [0.2, 0.25) is 0 Å². The number of nitrogen functional groups attached to an aromatic ring is 1. The van der Waals surface area contributed by atoms with Crippen LogP contribution in [0.15, 0.2) is 36.4 Å². The van der Waals surface area contributed by atoms with Crippen LogP contribution in [-0.2, 0) is 12.8 Å². The van der Waals surface area contributed by atoms with Crippen molar-refractivity contribution in [3.63, 3.8) is 0 Å². The van der Waals surface area contributed by atoms with Crippen molar-refractivity contribution in [1.82, 2.24) is 0 Å². The number of fused-ring (bicyclic) bond motifs is 1. The van der Waals surface area contributed by atoms with Crippen LogP contribution in [0.4, 0.5) is 5.69 Å². The van der Waals surface area contributed by atoms with Crippen molar-refractivity contribution in [2.24, 2.45) is 0 Å². The van der Waals surface area contributed by atoms with E-state index in [4.69, 9.17) is 19.9 Å². The van der Waals surface area contributed by atoms with Crippen LogP contribution in [-0.4, -0.2) is 20.3 Å². The summed E-state index contributed by atoms with van der Waals surface area (Å²) >= 11 is 0. The Morgan fingerprint density at radius 3 is 2.52 bits per heavy atom. The zero-order valence-corrected chi connectivity index (χ0v) is 13.5. The topological polar surface area (TPSA) is 53.7 Å². The molecule has 0 unspecified atom stereocenters. The Balaban J connectivity index is 1.54. The molecule has 0 spiro atoms. The smallest absolute Gasteiger partial charge is 0.142 e. The summed E-state index contributed by atoms with van der Waals surface area (Å²) in [6, 6.07) is 11.7. The third kappa shape index (κ3) is 3.70. The summed E-state index contributed by atoms with van der Waals surface area (Å²) in [5, 5.41) is 0. The van der Waals surface area contributed by atoms with Crippen molar-refractivity contribution in [3.05, 3.63) is 47.5 Å². The summed E-state index contributed by atoms with van der Waals surface area (Å²) in [5.41, 5.74) is 9.30. The molecule has 0 aliphatic heterocycles. The number of hydrogen-bond acceptors (Lipinski definition) is 4. The Morgan fingerprint density at radius 1 is 0.957 bits per heavy atom. The van der Waals surface area contributed by atoms with Gasteiger partial charge in [-0.05, 0) is 55.0 Å². The molecule has 0 aromatic heterocycles. The first-order valence-electron chi connectivity index (χ1n) is 8.08. The highest BCUT2D eigenvalue weighted by molar-refractivity contribution is 5.56. The molecule has 2 aromatic carbocycles. The van der Waals surface area contributed by atoms with E-state index in [1.165, 1.54) is 24.0 Å². The summed E-state index contributed by atoms with van der Waals surface area (Å²) in [6.45, 7) is 0.960. The molecule has 0 amide bonds. The average Bonchev–Trinajstić information content (AvgIpc) is 2.59. The fourth-order valence-corrected chi connectivity index (χ4v) is 2.97. The molecular formula is C19H23NO3. The second-order valence-electron chi connectivity index (χ2n) is 5.70. The van der Waals surface area contributed by atoms with Crippen molar-refractivity contribution < 1.29 is 14.2 Å². The van der Waals surface area contributed by atoms with Crippen LogP contribution in [0.2, 0.25) is 0 Å². The van der Waals surface area contributed by atoms with Crippen molar-refractivity contribution in [1.29, 1.82) is 0 Å². The number of anilines is 1. The number of methoxy groups -OCH3 is 1. The van der Waals surface area contributed by atoms with E-state index in [9.17, 15) is 0 Å². The number of nitrogens with two attached hydrogens (primary N) is 1. The predicted molar refractivity (Wildman–Crippen MR) is 91.5 cm³/mol. The van der Waals surface area contributed by atoms with Crippen LogP contribution in [0.5, 0.6) is 17.2 Å². The second-order valence-corrected chi connectivity index (χ2v) is 5.70. The van der Waals surface area contributed by atoms with Crippen molar-refractivity contribution >= 4 is 5.69 Å². The highest BCUT2D eigenvalue weighted by Crippen LogP contribution is 2.30. The first kappa shape index (κ1) is 15.5. The van der Waals surface area contributed by atoms with Gasteiger partial charge in [-0.1, -0.05) is 12.1 Å². The van der Waals surface area contributed by atoms with Crippen LogP contribution in [0.25, 0.3) is 0 Å². The molecule has 4 heteroatoms. The number of ether oxygens (including phenoxy) is 3. The van der Waals surface area contributed by atoms with E-state index in [2.05, 4.69) is 12.1 Å². The number of benzene rings is 2. The Kier molecular flexibility index (Phi) is 4.91. The summed E-state index contributed by atoms with van der Waals surface area (Å²) in [5.74, 6) is 2.38. The maximum Gasteiger partial charge on any atom is 0.142 e. The van der Waals surface area contributed by atoms with Gasteiger partial charge in [0, 0.05) is 6.07 Å². The maximum absolute atomic E-state index is 5.94. The SMILES string of the molecule is COc1ccc(OCCOc2cccc3c2CCCC3)c(N)c1. The average molecular weight is 313 g/mol. The summed E-state index contributed by atoms with van der Waals surface area (Å²) < 4.78 is 16.7. The molecule has 0 heterocycles. The van der Waals surface area contributed by atoms with Crippen molar-refractivity contribution in [3.8, 4) is 17.2 Å². The largest absolute Gasteiger partial charge is 0.497 e. The van der Waals surface area contributed by atoms with Crippen LogP contribution in [0, 0.1) is 0 Å². The number of hydrogen-bond donors (Lipinski definition) is 1. The van der Waals surface area contributed by atoms with Gasteiger partial charge in [0.1, 0.15) is 30.5 Å².